The van der Waals surface area contributed by atoms with Crippen molar-refractivity contribution in [1.29, 1.82) is 5.26 Å². The van der Waals surface area contributed by atoms with E-state index in [1.165, 1.54) is 0 Å². The van der Waals surface area contributed by atoms with Crippen LogP contribution in [-0.2, 0) is 13.0 Å². The third kappa shape index (κ3) is 3.42. The first-order valence-corrected chi connectivity index (χ1v) is 9.23. The quantitative estimate of drug-likeness (QED) is 0.724. The van der Waals surface area contributed by atoms with Crippen LogP contribution in [0.15, 0.2) is 59.4 Å². The molecule has 1 aliphatic heterocycles. The van der Waals surface area contributed by atoms with Crippen LogP contribution in [0.3, 0.4) is 0 Å². The monoisotopic (exact) mass is 389 g/mol. The number of hydrogen-bond acceptors (Lipinski definition) is 3. The number of rotatable bonds is 2. The van der Waals surface area contributed by atoms with Gasteiger partial charge in [-0.15, -0.1) is 0 Å². The molecule has 0 radical (unpaired) electrons. The Morgan fingerprint density at radius 1 is 1.11 bits per heavy atom. The lowest BCUT2D eigenvalue weighted by Crippen LogP contribution is -2.37. The van der Waals surface area contributed by atoms with E-state index in [1.54, 1.807) is 11.0 Å². The molecule has 2 heterocycles. The Morgan fingerprint density at radius 2 is 1.89 bits per heavy atom. The molecule has 0 fully saturated rings. The zero-order valence-electron chi connectivity index (χ0n) is 14.9. The van der Waals surface area contributed by atoms with E-state index in [0.717, 1.165) is 22.4 Å². The van der Waals surface area contributed by atoms with Gasteiger partial charge in [-0.3, -0.25) is 9.59 Å². The Hall–Kier alpha value is -3.36. The Bertz CT molecular complexity index is 1160. The number of nitrogens with zero attached hydrogens (tertiary/aromatic N) is 2. The fraction of sp³-hybridized carbons (Fsp3) is 0.136. The number of pyridine rings is 1. The van der Waals surface area contributed by atoms with Crippen LogP contribution < -0.4 is 5.56 Å². The first-order chi connectivity index (χ1) is 13.5. The number of halogens is 1. The van der Waals surface area contributed by atoms with E-state index in [-0.39, 0.29) is 17.0 Å². The van der Waals surface area contributed by atoms with Crippen molar-refractivity contribution in [1.82, 2.24) is 9.88 Å². The summed E-state index contributed by atoms with van der Waals surface area (Å²) >= 11 is 6.05. The van der Waals surface area contributed by atoms with Crippen molar-refractivity contribution in [2.45, 2.75) is 13.0 Å². The first-order valence-electron chi connectivity index (χ1n) is 8.85. The largest absolute Gasteiger partial charge is 0.334 e. The van der Waals surface area contributed by atoms with Crippen molar-refractivity contribution in [2.24, 2.45) is 0 Å². The summed E-state index contributed by atoms with van der Waals surface area (Å²) in [6.07, 6.45) is 0.558. The van der Waals surface area contributed by atoms with E-state index in [2.05, 4.69) is 4.98 Å². The number of aromatic amines is 1. The van der Waals surface area contributed by atoms with E-state index >= 15 is 0 Å². The van der Waals surface area contributed by atoms with Gasteiger partial charge in [0, 0.05) is 35.8 Å². The normalized spacial score (nSPS) is 12.9. The van der Waals surface area contributed by atoms with Crippen LogP contribution in [0, 0.1) is 11.3 Å². The summed E-state index contributed by atoms with van der Waals surface area (Å²) in [7, 11) is 0. The van der Waals surface area contributed by atoms with Gasteiger partial charge in [-0.05, 0) is 47.0 Å². The van der Waals surface area contributed by atoms with Crippen LogP contribution in [0.2, 0.25) is 5.02 Å². The number of aromatic nitrogens is 1. The summed E-state index contributed by atoms with van der Waals surface area (Å²) < 4.78 is 0. The van der Waals surface area contributed by atoms with Crippen LogP contribution in [0.1, 0.15) is 27.2 Å². The topological polar surface area (TPSA) is 77.0 Å². The van der Waals surface area contributed by atoms with Gasteiger partial charge in [-0.25, -0.2) is 0 Å². The number of benzene rings is 2. The molecule has 0 bridgehead atoms. The Kier molecular flexibility index (Phi) is 4.72. The van der Waals surface area contributed by atoms with Crippen molar-refractivity contribution >= 4 is 17.5 Å². The zero-order valence-corrected chi connectivity index (χ0v) is 15.7. The number of carbonyl (C=O) groups is 1. The summed E-state index contributed by atoms with van der Waals surface area (Å²) in [5.41, 5.74) is 3.87. The summed E-state index contributed by atoms with van der Waals surface area (Å²) in [6.45, 7) is 0.888. The molecule has 6 heteroatoms. The van der Waals surface area contributed by atoms with Gasteiger partial charge in [0.2, 0.25) is 0 Å². The molecule has 3 aromatic rings. The fourth-order valence-electron chi connectivity index (χ4n) is 3.42. The van der Waals surface area contributed by atoms with Gasteiger partial charge in [0.1, 0.15) is 11.6 Å². The summed E-state index contributed by atoms with van der Waals surface area (Å²) in [5.74, 6) is -0.0759. The highest BCUT2D eigenvalue weighted by Gasteiger charge is 2.23. The first kappa shape index (κ1) is 18.0. The van der Waals surface area contributed by atoms with Crippen LogP contribution in [0.25, 0.3) is 11.1 Å². The minimum Gasteiger partial charge on any atom is -0.334 e. The molecule has 0 atom stereocenters. The molecule has 5 nitrogen and oxygen atoms in total. The van der Waals surface area contributed by atoms with Crippen LogP contribution >= 0.6 is 11.6 Å². The van der Waals surface area contributed by atoms with Gasteiger partial charge >= 0.3 is 0 Å². The molecule has 28 heavy (non-hydrogen) atoms. The molecule has 2 aromatic carbocycles. The molecule has 0 saturated carbocycles. The van der Waals surface area contributed by atoms with E-state index in [9.17, 15) is 9.59 Å². The lowest BCUT2D eigenvalue weighted by Gasteiger charge is -2.28. The molecule has 0 unspecified atom stereocenters. The molecule has 0 saturated heterocycles. The Labute approximate surface area is 166 Å². The lowest BCUT2D eigenvalue weighted by atomic mass is 10.0. The maximum Gasteiger partial charge on any atom is 0.266 e. The van der Waals surface area contributed by atoms with Crippen LogP contribution in [0.4, 0.5) is 0 Å². The predicted octanol–water partition coefficient (Wildman–Crippen LogP) is 3.77. The molecule has 4 rings (SSSR count). The van der Waals surface area contributed by atoms with Crippen LogP contribution in [-0.4, -0.2) is 22.3 Å². The highest BCUT2D eigenvalue weighted by molar-refractivity contribution is 6.30. The van der Waals surface area contributed by atoms with Gasteiger partial charge < -0.3 is 9.88 Å². The molecule has 1 aromatic heterocycles. The predicted molar refractivity (Wildman–Crippen MR) is 107 cm³/mol. The number of nitriles is 1. The number of hydrogen-bond donors (Lipinski definition) is 1. The van der Waals surface area contributed by atoms with Crippen molar-refractivity contribution in [3.8, 4) is 17.2 Å². The van der Waals surface area contributed by atoms with Crippen molar-refractivity contribution in [2.75, 3.05) is 6.54 Å². The van der Waals surface area contributed by atoms with E-state index in [4.69, 9.17) is 16.9 Å². The van der Waals surface area contributed by atoms with E-state index < -0.39 is 0 Å². The maximum atomic E-state index is 12.9. The smallest absolute Gasteiger partial charge is 0.266 e. The minimum atomic E-state index is -0.377. The molecular formula is C22H16ClN3O2. The highest BCUT2D eigenvalue weighted by Crippen LogP contribution is 2.24. The van der Waals surface area contributed by atoms with Gasteiger partial charge in [-0.1, -0.05) is 35.9 Å². The summed E-state index contributed by atoms with van der Waals surface area (Å²) in [4.78, 5) is 29.1. The molecular weight excluding hydrogens is 374 g/mol. The molecule has 0 spiro atoms. The third-order valence-corrected chi connectivity index (χ3v) is 5.14. The van der Waals surface area contributed by atoms with Gasteiger partial charge in [-0.2, -0.15) is 5.26 Å². The average molecular weight is 390 g/mol. The number of H-pyrrole nitrogens is 1. The van der Waals surface area contributed by atoms with Crippen LogP contribution in [0.5, 0.6) is 0 Å². The van der Waals surface area contributed by atoms with Crippen molar-refractivity contribution < 1.29 is 4.79 Å². The second-order valence-corrected chi connectivity index (χ2v) is 7.13. The zero-order chi connectivity index (χ0) is 19.7. The number of nitrogens with one attached hydrogen (secondary N) is 1. The number of fused-ring (bicyclic) bond motifs is 1. The molecule has 1 N–H and O–H groups in total. The molecule has 0 aliphatic carbocycles. The highest BCUT2D eigenvalue weighted by atomic mass is 35.5. The maximum absolute atomic E-state index is 12.9. The van der Waals surface area contributed by atoms with Gasteiger partial charge in [0.25, 0.3) is 11.5 Å². The minimum absolute atomic E-state index is 0.0684. The van der Waals surface area contributed by atoms with Crippen molar-refractivity contribution in [3.63, 3.8) is 0 Å². The Morgan fingerprint density at radius 3 is 2.61 bits per heavy atom. The third-order valence-electron chi connectivity index (χ3n) is 4.91. The average Bonchev–Trinajstić information content (AvgIpc) is 2.72. The molecule has 138 valence electrons. The summed E-state index contributed by atoms with van der Waals surface area (Å²) in [6, 6.07) is 18.5. The molecule has 1 aliphatic rings. The second-order valence-electron chi connectivity index (χ2n) is 6.69. The fourth-order valence-corrected chi connectivity index (χ4v) is 3.61. The Balaban J connectivity index is 1.55. The van der Waals surface area contributed by atoms with E-state index in [0.29, 0.717) is 30.1 Å². The SMILES string of the molecule is N#Cc1cc2c([nH]c1=O)CCN(C(=O)c1ccc(-c3cccc(Cl)c3)cc1)C2. The number of amides is 1. The number of carbonyl (C=O) groups excluding carboxylic acids is 1. The summed E-state index contributed by atoms with van der Waals surface area (Å²) in [5, 5.41) is 9.72. The van der Waals surface area contributed by atoms with Gasteiger partial charge in [0.15, 0.2) is 0 Å². The van der Waals surface area contributed by atoms with E-state index in [1.807, 2.05) is 54.6 Å². The second kappa shape index (κ2) is 7.34. The van der Waals surface area contributed by atoms with Gasteiger partial charge in [0.05, 0.1) is 0 Å². The molecule has 1 amide bonds. The lowest BCUT2D eigenvalue weighted by molar-refractivity contribution is 0.0733. The van der Waals surface area contributed by atoms with Crippen molar-refractivity contribution in [3.05, 3.63) is 92.4 Å². The standard InChI is InChI=1S/C22H16ClN3O2/c23-19-3-1-2-16(11-19)14-4-6-15(7-5-14)22(28)26-9-8-20-18(13-26)10-17(12-24)21(27)25-20/h1-7,10-11H,8-9,13H2,(H,25,27).